The predicted molar refractivity (Wildman–Crippen MR) is 78.4 cm³/mol. The molecule has 1 aliphatic rings. The molecule has 116 valence electrons. The van der Waals surface area contributed by atoms with Crippen LogP contribution in [0.2, 0.25) is 0 Å². The molecule has 1 aliphatic carbocycles. The number of amides is 1. The molecular weight excluding hydrogens is 284 g/mol. The largest absolute Gasteiger partial charge is 0.354 e. The first kappa shape index (κ1) is 14.4. The van der Waals surface area contributed by atoms with E-state index >= 15 is 0 Å². The first-order valence-corrected chi connectivity index (χ1v) is 7.45. The van der Waals surface area contributed by atoms with Gasteiger partial charge in [-0.2, -0.15) is 5.10 Å². The molecule has 8 heteroatoms. The summed E-state index contributed by atoms with van der Waals surface area (Å²) in [5.74, 6) is 0.725. The maximum absolute atomic E-state index is 11.9. The number of carbonyl (C=O) groups is 1. The number of hydrogen-bond donors (Lipinski definition) is 1. The van der Waals surface area contributed by atoms with Gasteiger partial charge in [0.25, 0.3) is 5.56 Å². The van der Waals surface area contributed by atoms with Gasteiger partial charge in [-0.15, -0.1) is 5.10 Å². The lowest BCUT2D eigenvalue weighted by Crippen LogP contribution is -2.35. The van der Waals surface area contributed by atoms with Crippen LogP contribution in [-0.2, 0) is 11.3 Å². The zero-order valence-corrected chi connectivity index (χ0v) is 12.2. The van der Waals surface area contributed by atoms with E-state index in [1.807, 2.05) is 0 Å². The number of rotatable bonds is 5. The molecule has 2 aromatic rings. The van der Waals surface area contributed by atoms with Crippen molar-refractivity contribution in [3.8, 4) is 5.82 Å². The van der Waals surface area contributed by atoms with E-state index in [0.29, 0.717) is 18.9 Å². The third-order valence-electron chi connectivity index (χ3n) is 3.85. The lowest BCUT2D eigenvalue weighted by molar-refractivity contribution is -0.124. The monoisotopic (exact) mass is 302 g/mol. The molecule has 0 saturated heterocycles. The van der Waals surface area contributed by atoms with Crippen molar-refractivity contribution < 1.29 is 4.79 Å². The zero-order chi connectivity index (χ0) is 15.4. The first-order valence-electron chi connectivity index (χ1n) is 7.45. The van der Waals surface area contributed by atoms with Crippen molar-refractivity contribution in [3.05, 3.63) is 35.1 Å². The van der Waals surface area contributed by atoms with Gasteiger partial charge in [0.15, 0.2) is 5.82 Å². The summed E-state index contributed by atoms with van der Waals surface area (Å²) in [6.45, 7) is 0.725. The van der Waals surface area contributed by atoms with Crippen molar-refractivity contribution in [1.29, 1.82) is 0 Å². The van der Waals surface area contributed by atoms with Crippen molar-refractivity contribution in [2.45, 2.75) is 32.2 Å². The fourth-order valence-electron chi connectivity index (χ4n) is 2.66. The van der Waals surface area contributed by atoms with E-state index in [9.17, 15) is 9.59 Å². The lowest BCUT2D eigenvalue weighted by atomic mass is 10.1. The summed E-state index contributed by atoms with van der Waals surface area (Å²) < 4.78 is 2.80. The normalized spacial score (nSPS) is 15.1. The molecule has 0 aromatic carbocycles. The summed E-state index contributed by atoms with van der Waals surface area (Å²) in [6.07, 6.45) is 7.09. The van der Waals surface area contributed by atoms with Crippen LogP contribution in [0.3, 0.4) is 0 Å². The molecule has 0 bridgehead atoms. The Bertz CT molecular complexity index is 688. The van der Waals surface area contributed by atoms with Gasteiger partial charge in [-0.3, -0.25) is 9.59 Å². The van der Waals surface area contributed by atoms with Crippen molar-refractivity contribution in [2.75, 3.05) is 6.54 Å². The first-order chi connectivity index (χ1) is 10.7. The van der Waals surface area contributed by atoms with Crippen LogP contribution in [0.15, 0.2) is 29.6 Å². The molecule has 0 atom stereocenters. The summed E-state index contributed by atoms with van der Waals surface area (Å²) in [4.78, 5) is 27.6. The average Bonchev–Trinajstić information content (AvgIpc) is 3.22. The van der Waals surface area contributed by atoms with Crippen molar-refractivity contribution in [1.82, 2.24) is 29.9 Å². The van der Waals surface area contributed by atoms with Gasteiger partial charge < -0.3 is 5.32 Å². The van der Waals surface area contributed by atoms with E-state index in [-0.39, 0.29) is 17.4 Å². The Morgan fingerprint density at radius 3 is 2.86 bits per heavy atom. The summed E-state index contributed by atoms with van der Waals surface area (Å²) in [5, 5.41) is 11.1. The number of aromatic nitrogens is 5. The smallest absolute Gasteiger partial charge is 0.266 e. The third-order valence-corrected chi connectivity index (χ3v) is 3.85. The fraction of sp³-hybridized carbons (Fsp3) is 0.500. The number of nitrogens with one attached hydrogen (secondary N) is 1. The Hall–Kier alpha value is -2.51. The van der Waals surface area contributed by atoms with E-state index in [1.54, 1.807) is 6.07 Å². The van der Waals surface area contributed by atoms with Crippen LogP contribution in [0.25, 0.3) is 5.82 Å². The lowest BCUT2D eigenvalue weighted by Gasteiger charge is -2.11. The van der Waals surface area contributed by atoms with Gasteiger partial charge >= 0.3 is 0 Å². The Balaban J connectivity index is 1.61. The van der Waals surface area contributed by atoms with Crippen LogP contribution in [0.4, 0.5) is 0 Å². The molecule has 1 N–H and O–H groups in total. The van der Waals surface area contributed by atoms with Crippen LogP contribution < -0.4 is 10.9 Å². The molecule has 0 spiro atoms. The van der Waals surface area contributed by atoms with Gasteiger partial charge in [0.1, 0.15) is 12.7 Å². The number of hydrogen-bond acceptors (Lipinski definition) is 5. The highest BCUT2D eigenvalue weighted by Gasteiger charge is 2.21. The fourth-order valence-corrected chi connectivity index (χ4v) is 2.66. The molecule has 22 heavy (non-hydrogen) atoms. The van der Waals surface area contributed by atoms with Gasteiger partial charge in [0, 0.05) is 18.5 Å². The molecule has 8 nitrogen and oxygen atoms in total. The Morgan fingerprint density at radius 2 is 2.14 bits per heavy atom. The van der Waals surface area contributed by atoms with Crippen LogP contribution in [0.5, 0.6) is 0 Å². The number of carbonyl (C=O) groups excluding carboxylic acids is 1. The second-order valence-corrected chi connectivity index (χ2v) is 5.37. The molecule has 3 rings (SSSR count). The molecule has 0 aliphatic heterocycles. The van der Waals surface area contributed by atoms with E-state index < -0.39 is 0 Å². The Labute approximate surface area is 127 Å². The van der Waals surface area contributed by atoms with E-state index in [4.69, 9.17) is 0 Å². The molecule has 2 aromatic heterocycles. The second kappa shape index (κ2) is 6.50. The van der Waals surface area contributed by atoms with Crippen molar-refractivity contribution in [2.24, 2.45) is 5.92 Å². The maximum Gasteiger partial charge on any atom is 0.266 e. The highest BCUT2D eigenvalue weighted by molar-refractivity contribution is 5.78. The molecular formula is C14H18N6O2. The maximum atomic E-state index is 11.9. The van der Waals surface area contributed by atoms with Gasteiger partial charge in [0.05, 0.1) is 6.54 Å². The van der Waals surface area contributed by atoms with Gasteiger partial charge in [-0.1, -0.05) is 12.8 Å². The van der Waals surface area contributed by atoms with Gasteiger partial charge in [-0.05, 0) is 18.9 Å². The van der Waals surface area contributed by atoms with Gasteiger partial charge in [0.2, 0.25) is 5.91 Å². The van der Waals surface area contributed by atoms with E-state index in [2.05, 4.69) is 20.5 Å². The highest BCUT2D eigenvalue weighted by atomic mass is 16.2. The van der Waals surface area contributed by atoms with E-state index in [0.717, 1.165) is 25.7 Å². The second-order valence-electron chi connectivity index (χ2n) is 5.37. The Kier molecular flexibility index (Phi) is 4.27. The molecule has 0 radical (unpaired) electrons. The minimum absolute atomic E-state index is 0.0815. The van der Waals surface area contributed by atoms with E-state index in [1.165, 1.54) is 28.1 Å². The summed E-state index contributed by atoms with van der Waals surface area (Å²) in [7, 11) is 0. The molecule has 1 saturated carbocycles. The quantitative estimate of drug-likeness (QED) is 0.847. The molecule has 0 unspecified atom stereocenters. The summed E-state index contributed by atoms with van der Waals surface area (Å²) >= 11 is 0. The van der Waals surface area contributed by atoms with Crippen LogP contribution in [0, 0.1) is 5.92 Å². The van der Waals surface area contributed by atoms with Crippen molar-refractivity contribution >= 4 is 5.91 Å². The summed E-state index contributed by atoms with van der Waals surface area (Å²) in [6, 6.07) is 3.02. The van der Waals surface area contributed by atoms with Crippen LogP contribution in [0.1, 0.15) is 25.7 Å². The standard InChI is InChI=1S/C14H18N6O2/c21-13-6-5-12(20-10-15-9-17-20)18-19(13)8-7-16-14(22)11-3-1-2-4-11/h5-6,9-11H,1-4,7-8H2,(H,16,22). The SMILES string of the molecule is O=C(NCCn1nc(-n2cncn2)ccc1=O)C1CCCC1. The van der Waals surface area contributed by atoms with Crippen LogP contribution >= 0.6 is 0 Å². The minimum atomic E-state index is -0.209. The third kappa shape index (κ3) is 3.21. The van der Waals surface area contributed by atoms with Gasteiger partial charge in [-0.25, -0.2) is 14.3 Å². The summed E-state index contributed by atoms with van der Waals surface area (Å²) in [5.41, 5.74) is -0.209. The average molecular weight is 302 g/mol. The Morgan fingerprint density at radius 1 is 1.32 bits per heavy atom. The van der Waals surface area contributed by atoms with Crippen LogP contribution in [-0.4, -0.2) is 37.0 Å². The zero-order valence-electron chi connectivity index (χ0n) is 12.2. The molecule has 1 amide bonds. The van der Waals surface area contributed by atoms with Crippen molar-refractivity contribution in [3.63, 3.8) is 0 Å². The number of nitrogens with zero attached hydrogens (tertiary/aromatic N) is 5. The highest BCUT2D eigenvalue weighted by Crippen LogP contribution is 2.24. The molecule has 2 heterocycles. The topological polar surface area (TPSA) is 94.7 Å². The minimum Gasteiger partial charge on any atom is -0.354 e. The predicted octanol–water partition coefficient (Wildman–Crippen LogP) is 0.130. The molecule has 1 fully saturated rings.